The predicted octanol–water partition coefficient (Wildman–Crippen LogP) is 3.73. The molecule has 1 fully saturated rings. The molecule has 0 aromatic heterocycles. The van der Waals surface area contributed by atoms with E-state index in [1.807, 2.05) is 12.1 Å². The number of rotatable bonds is 6. The average molecular weight is 278 g/mol. The van der Waals surface area contributed by atoms with Crippen molar-refractivity contribution in [2.75, 3.05) is 13.6 Å². The highest BCUT2D eigenvalue weighted by atomic mass is 19.1. The molecular formula is C17H27FN2. The second-order valence-electron chi connectivity index (χ2n) is 6.16. The van der Waals surface area contributed by atoms with Crippen molar-refractivity contribution in [2.45, 2.75) is 51.1 Å². The van der Waals surface area contributed by atoms with Gasteiger partial charge in [-0.25, -0.2) is 4.39 Å². The van der Waals surface area contributed by atoms with Gasteiger partial charge >= 0.3 is 0 Å². The number of likely N-dealkylation sites (N-methyl/N-ethyl adjacent to an activating group) is 1. The van der Waals surface area contributed by atoms with Crippen LogP contribution in [0.5, 0.6) is 0 Å². The molecule has 1 saturated carbocycles. The van der Waals surface area contributed by atoms with Crippen molar-refractivity contribution in [3.05, 3.63) is 35.6 Å². The fourth-order valence-corrected chi connectivity index (χ4v) is 3.43. The fourth-order valence-electron chi connectivity index (χ4n) is 3.43. The second kappa shape index (κ2) is 7.19. The summed E-state index contributed by atoms with van der Waals surface area (Å²) in [4.78, 5) is 2.37. The Hall–Kier alpha value is -0.930. The SMILES string of the molecule is CCC(N)C(c1ccc(F)cc1)N(C)CC1CCCC1. The van der Waals surface area contributed by atoms with Gasteiger partial charge < -0.3 is 5.73 Å². The molecule has 0 aliphatic heterocycles. The smallest absolute Gasteiger partial charge is 0.123 e. The summed E-state index contributed by atoms with van der Waals surface area (Å²) >= 11 is 0. The van der Waals surface area contributed by atoms with E-state index in [9.17, 15) is 4.39 Å². The summed E-state index contributed by atoms with van der Waals surface area (Å²) in [6.45, 7) is 3.21. The summed E-state index contributed by atoms with van der Waals surface area (Å²) in [6, 6.07) is 7.09. The van der Waals surface area contributed by atoms with E-state index >= 15 is 0 Å². The largest absolute Gasteiger partial charge is 0.326 e. The van der Waals surface area contributed by atoms with E-state index in [1.165, 1.54) is 37.8 Å². The molecule has 0 bridgehead atoms. The predicted molar refractivity (Wildman–Crippen MR) is 82.0 cm³/mol. The minimum absolute atomic E-state index is 0.0897. The molecule has 0 radical (unpaired) electrons. The number of nitrogens with two attached hydrogens (primary N) is 1. The molecule has 0 spiro atoms. The molecule has 1 aromatic rings. The summed E-state index contributed by atoms with van der Waals surface area (Å²) < 4.78 is 13.1. The molecule has 2 nitrogen and oxygen atoms in total. The fraction of sp³-hybridized carbons (Fsp3) is 0.647. The van der Waals surface area contributed by atoms with Crippen LogP contribution < -0.4 is 5.73 Å². The maximum atomic E-state index is 13.1. The van der Waals surface area contributed by atoms with Crippen molar-refractivity contribution >= 4 is 0 Å². The van der Waals surface area contributed by atoms with Crippen molar-refractivity contribution in [1.82, 2.24) is 4.90 Å². The van der Waals surface area contributed by atoms with E-state index in [-0.39, 0.29) is 17.9 Å². The Morgan fingerprint density at radius 3 is 2.40 bits per heavy atom. The van der Waals surface area contributed by atoms with Crippen LogP contribution in [0.15, 0.2) is 24.3 Å². The van der Waals surface area contributed by atoms with Crippen LogP contribution in [0.25, 0.3) is 0 Å². The quantitative estimate of drug-likeness (QED) is 0.859. The summed E-state index contributed by atoms with van der Waals surface area (Å²) in [5.74, 6) is 0.614. The van der Waals surface area contributed by atoms with Crippen LogP contribution in [-0.2, 0) is 0 Å². The molecule has 20 heavy (non-hydrogen) atoms. The van der Waals surface area contributed by atoms with Crippen LogP contribution in [0.1, 0.15) is 50.6 Å². The number of benzene rings is 1. The summed E-state index contributed by atoms with van der Waals surface area (Å²) in [5.41, 5.74) is 7.45. The lowest BCUT2D eigenvalue weighted by atomic mass is 9.95. The van der Waals surface area contributed by atoms with Gasteiger partial charge in [-0.15, -0.1) is 0 Å². The van der Waals surface area contributed by atoms with E-state index in [2.05, 4.69) is 18.9 Å². The van der Waals surface area contributed by atoms with Crippen molar-refractivity contribution < 1.29 is 4.39 Å². The van der Waals surface area contributed by atoms with Crippen LogP contribution in [0.3, 0.4) is 0 Å². The van der Waals surface area contributed by atoms with Gasteiger partial charge in [0.1, 0.15) is 5.82 Å². The maximum absolute atomic E-state index is 13.1. The molecule has 2 rings (SSSR count). The monoisotopic (exact) mass is 278 g/mol. The van der Waals surface area contributed by atoms with Crippen LogP contribution in [0.4, 0.5) is 4.39 Å². The Morgan fingerprint density at radius 2 is 1.85 bits per heavy atom. The third-order valence-electron chi connectivity index (χ3n) is 4.58. The van der Waals surface area contributed by atoms with Crippen molar-refractivity contribution in [2.24, 2.45) is 11.7 Å². The molecule has 0 saturated heterocycles. The zero-order chi connectivity index (χ0) is 14.5. The Bertz CT molecular complexity index is 398. The van der Waals surface area contributed by atoms with Gasteiger partial charge in [0.15, 0.2) is 0 Å². The van der Waals surface area contributed by atoms with Gasteiger partial charge in [0, 0.05) is 18.6 Å². The van der Waals surface area contributed by atoms with Crippen molar-refractivity contribution in [1.29, 1.82) is 0 Å². The van der Waals surface area contributed by atoms with Crippen LogP contribution in [-0.4, -0.2) is 24.5 Å². The minimum atomic E-state index is -0.184. The molecule has 2 N–H and O–H groups in total. The zero-order valence-electron chi connectivity index (χ0n) is 12.7. The van der Waals surface area contributed by atoms with E-state index in [4.69, 9.17) is 5.73 Å². The molecule has 3 heteroatoms. The number of hydrogen-bond donors (Lipinski definition) is 1. The lowest BCUT2D eigenvalue weighted by Crippen LogP contribution is -2.40. The first kappa shape index (κ1) is 15.5. The van der Waals surface area contributed by atoms with Crippen LogP contribution in [0, 0.1) is 11.7 Å². The minimum Gasteiger partial charge on any atom is -0.326 e. The lowest BCUT2D eigenvalue weighted by molar-refractivity contribution is 0.180. The lowest BCUT2D eigenvalue weighted by Gasteiger charge is -2.34. The summed E-state index contributed by atoms with van der Waals surface area (Å²) in [6.07, 6.45) is 6.32. The Labute approximate surface area is 122 Å². The molecule has 2 unspecified atom stereocenters. The Kier molecular flexibility index (Phi) is 5.55. The van der Waals surface area contributed by atoms with Gasteiger partial charge in [-0.3, -0.25) is 4.90 Å². The van der Waals surface area contributed by atoms with Gasteiger partial charge in [-0.1, -0.05) is 31.9 Å². The Balaban J connectivity index is 2.11. The zero-order valence-corrected chi connectivity index (χ0v) is 12.7. The standard InChI is InChI=1S/C17H27FN2/c1-3-16(19)17(14-8-10-15(18)11-9-14)20(2)12-13-6-4-5-7-13/h8-11,13,16-17H,3-7,12,19H2,1-2H3. The van der Waals surface area contributed by atoms with Gasteiger partial charge in [0.05, 0.1) is 0 Å². The molecule has 2 atom stereocenters. The normalized spacial score (nSPS) is 19.4. The third kappa shape index (κ3) is 3.80. The van der Waals surface area contributed by atoms with E-state index in [0.717, 1.165) is 24.4 Å². The highest BCUT2D eigenvalue weighted by molar-refractivity contribution is 5.21. The molecule has 112 valence electrons. The van der Waals surface area contributed by atoms with Crippen molar-refractivity contribution in [3.8, 4) is 0 Å². The average Bonchev–Trinajstić information content (AvgIpc) is 2.94. The molecule has 0 heterocycles. The molecular weight excluding hydrogens is 251 g/mol. The summed E-state index contributed by atoms with van der Waals surface area (Å²) in [7, 11) is 2.15. The van der Waals surface area contributed by atoms with E-state index in [1.54, 1.807) is 0 Å². The van der Waals surface area contributed by atoms with Gasteiger partial charge in [0.2, 0.25) is 0 Å². The second-order valence-corrected chi connectivity index (χ2v) is 6.16. The number of halogens is 1. The third-order valence-corrected chi connectivity index (χ3v) is 4.58. The Morgan fingerprint density at radius 1 is 1.25 bits per heavy atom. The highest BCUT2D eigenvalue weighted by Crippen LogP contribution is 2.30. The van der Waals surface area contributed by atoms with Gasteiger partial charge in [0.25, 0.3) is 0 Å². The van der Waals surface area contributed by atoms with Crippen LogP contribution in [0.2, 0.25) is 0 Å². The number of nitrogens with zero attached hydrogens (tertiary/aromatic N) is 1. The molecule has 1 aliphatic rings. The maximum Gasteiger partial charge on any atom is 0.123 e. The topological polar surface area (TPSA) is 29.3 Å². The summed E-state index contributed by atoms with van der Waals surface area (Å²) in [5, 5.41) is 0. The van der Waals surface area contributed by atoms with Gasteiger partial charge in [-0.2, -0.15) is 0 Å². The van der Waals surface area contributed by atoms with E-state index in [0.29, 0.717) is 0 Å². The number of hydrogen-bond acceptors (Lipinski definition) is 2. The van der Waals surface area contributed by atoms with Crippen LogP contribution >= 0.6 is 0 Å². The first-order valence-electron chi connectivity index (χ1n) is 7.83. The first-order chi connectivity index (χ1) is 9.61. The molecule has 1 aliphatic carbocycles. The first-order valence-corrected chi connectivity index (χ1v) is 7.83. The van der Waals surface area contributed by atoms with Gasteiger partial charge in [-0.05, 0) is 49.9 Å². The molecule has 1 aromatic carbocycles. The molecule has 0 amide bonds. The highest BCUT2D eigenvalue weighted by Gasteiger charge is 2.26. The van der Waals surface area contributed by atoms with E-state index < -0.39 is 0 Å². The van der Waals surface area contributed by atoms with Crippen molar-refractivity contribution in [3.63, 3.8) is 0 Å².